The molecular weight excluding hydrogens is 250 g/mol. The predicted octanol–water partition coefficient (Wildman–Crippen LogP) is 1.47. The summed E-state index contributed by atoms with van der Waals surface area (Å²) in [5.41, 5.74) is 0.507. The molecule has 0 atom stereocenters. The van der Waals surface area contributed by atoms with Gasteiger partial charge in [-0.2, -0.15) is 0 Å². The number of nitrogens with zero attached hydrogens (tertiary/aromatic N) is 2. The molecule has 0 bridgehead atoms. The van der Waals surface area contributed by atoms with Gasteiger partial charge in [-0.15, -0.1) is 0 Å². The maximum atomic E-state index is 11.2. The second kappa shape index (κ2) is 7.80. The van der Waals surface area contributed by atoms with Crippen molar-refractivity contribution in [3.05, 3.63) is 39.9 Å². The molecule has 0 heterocycles. The summed E-state index contributed by atoms with van der Waals surface area (Å²) in [6, 6.07) is 5.95. The van der Waals surface area contributed by atoms with Crippen molar-refractivity contribution < 1.29 is 14.6 Å². The Balaban J connectivity index is 2.42. The summed E-state index contributed by atoms with van der Waals surface area (Å²) in [4.78, 5) is 26.0. The van der Waals surface area contributed by atoms with Crippen LogP contribution < -0.4 is 5.32 Å². The molecule has 1 N–H and O–H groups in total. The van der Waals surface area contributed by atoms with E-state index < -0.39 is 4.92 Å². The number of carbonyl (C=O) groups is 1. The Bertz CT molecular complexity index is 474. The van der Waals surface area contributed by atoms with Crippen LogP contribution in [0.1, 0.15) is 18.9 Å². The zero-order chi connectivity index (χ0) is 14.1. The van der Waals surface area contributed by atoms with E-state index in [0.29, 0.717) is 12.1 Å². The average molecular weight is 265 g/mol. The van der Waals surface area contributed by atoms with Crippen LogP contribution in [0.3, 0.4) is 0 Å². The number of benzene rings is 1. The van der Waals surface area contributed by atoms with Gasteiger partial charge in [-0.05, 0) is 6.42 Å². The fourth-order valence-electron chi connectivity index (χ4n) is 1.23. The average Bonchev–Trinajstić information content (AvgIpc) is 2.41. The maximum absolute atomic E-state index is 11.2. The van der Waals surface area contributed by atoms with E-state index in [-0.39, 0.29) is 18.2 Å². The smallest absolute Gasteiger partial charge is 0.270 e. The van der Waals surface area contributed by atoms with Gasteiger partial charge in [0.2, 0.25) is 0 Å². The van der Waals surface area contributed by atoms with Crippen molar-refractivity contribution in [3.8, 4) is 0 Å². The number of amides is 1. The number of hydrogen-bond donors (Lipinski definition) is 1. The number of carbonyl (C=O) groups excluding carboxylic acids is 1. The largest absolute Gasteiger partial charge is 0.386 e. The Hall–Kier alpha value is -2.44. The molecule has 0 spiro atoms. The van der Waals surface area contributed by atoms with Crippen molar-refractivity contribution >= 4 is 17.8 Å². The Morgan fingerprint density at radius 3 is 3.05 bits per heavy atom. The molecule has 102 valence electrons. The fraction of sp³-hybridized carbons (Fsp3) is 0.333. The predicted molar refractivity (Wildman–Crippen MR) is 69.9 cm³/mol. The van der Waals surface area contributed by atoms with Crippen molar-refractivity contribution in [2.45, 2.75) is 13.3 Å². The highest BCUT2D eigenvalue weighted by molar-refractivity contribution is 5.80. The van der Waals surface area contributed by atoms with Crippen LogP contribution in [0.4, 0.5) is 5.69 Å². The van der Waals surface area contributed by atoms with E-state index in [1.807, 2.05) is 6.92 Å². The van der Waals surface area contributed by atoms with Gasteiger partial charge in [-0.3, -0.25) is 14.9 Å². The maximum Gasteiger partial charge on any atom is 0.270 e. The minimum Gasteiger partial charge on any atom is -0.386 e. The first-order valence-electron chi connectivity index (χ1n) is 5.80. The summed E-state index contributed by atoms with van der Waals surface area (Å²) >= 11 is 0. The second-order valence-electron chi connectivity index (χ2n) is 3.71. The van der Waals surface area contributed by atoms with E-state index in [1.54, 1.807) is 12.1 Å². The number of oxime groups is 1. The molecule has 1 aromatic carbocycles. The first kappa shape index (κ1) is 14.6. The van der Waals surface area contributed by atoms with Crippen LogP contribution in [0, 0.1) is 10.1 Å². The molecule has 0 aliphatic carbocycles. The Kier molecular flexibility index (Phi) is 6.00. The molecule has 1 amide bonds. The second-order valence-corrected chi connectivity index (χ2v) is 3.71. The quantitative estimate of drug-likeness (QED) is 0.459. The van der Waals surface area contributed by atoms with E-state index in [0.717, 1.165) is 6.42 Å². The lowest BCUT2D eigenvalue weighted by atomic mass is 10.2. The first-order valence-corrected chi connectivity index (χ1v) is 5.80. The fourth-order valence-corrected chi connectivity index (χ4v) is 1.23. The number of rotatable bonds is 7. The molecule has 0 fully saturated rings. The summed E-state index contributed by atoms with van der Waals surface area (Å²) in [6.07, 6.45) is 2.17. The van der Waals surface area contributed by atoms with Gasteiger partial charge in [0.25, 0.3) is 11.6 Å². The van der Waals surface area contributed by atoms with Crippen LogP contribution in [0.25, 0.3) is 0 Å². The van der Waals surface area contributed by atoms with Gasteiger partial charge in [-0.25, -0.2) is 0 Å². The van der Waals surface area contributed by atoms with E-state index in [4.69, 9.17) is 4.84 Å². The van der Waals surface area contributed by atoms with Crippen LogP contribution in [0.15, 0.2) is 29.4 Å². The van der Waals surface area contributed by atoms with Gasteiger partial charge >= 0.3 is 0 Å². The lowest BCUT2D eigenvalue weighted by Gasteiger charge is -2.01. The Morgan fingerprint density at radius 2 is 2.37 bits per heavy atom. The SMILES string of the molecule is CCCNC(=O)CO/N=C\c1cccc([N+](=O)[O-])c1. The van der Waals surface area contributed by atoms with E-state index >= 15 is 0 Å². The standard InChI is InChI=1S/C12H15N3O4/c1-2-6-13-12(16)9-19-14-8-10-4-3-5-11(7-10)15(17)18/h3-5,7-8H,2,6,9H2,1H3,(H,13,16)/b14-8-. The van der Waals surface area contributed by atoms with Crippen molar-refractivity contribution in [2.75, 3.05) is 13.2 Å². The van der Waals surface area contributed by atoms with E-state index in [9.17, 15) is 14.9 Å². The Labute approximate surface area is 110 Å². The van der Waals surface area contributed by atoms with Crippen LogP contribution in [-0.2, 0) is 9.63 Å². The van der Waals surface area contributed by atoms with Gasteiger partial charge < -0.3 is 10.2 Å². The third-order valence-electron chi connectivity index (χ3n) is 2.13. The van der Waals surface area contributed by atoms with Gasteiger partial charge in [0, 0.05) is 24.2 Å². The summed E-state index contributed by atoms with van der Waals surface area (Å²) < 4.78 is 0. The molecule has 0 unspecified atom stereocenters. The third kappa shape index (κ3) is 5.62. The van der Waals surface area contributed by atoms with Gasteiger partial charge in [-0.1, -0.05) is 24.2 Å². The Morgan fingerprint density at radius 1 is 1.58 bits per heavy atom. The minimum atomic E-state index is -0.490. The van der Waals surface area contributed by atoms with Crippen LogP contribution in [0.2, 0.25) is 0 Å². The van der Waals surface area contributed by atoms with Crippen molar-refractivity contribution in [1.29, 1.82) is 0 Å². The molecule has 7 heteroatoms. The number of nitro groups is 1. The molecule has 0 saturated carbocycles. The molecular formula is C12H15N3O4. The highest BCUT2D eigenvalue weighted by Gasteiger charge is 2.04. The molecule has 1 aromatic rings. The molecule has 0 radical (unpaired) electrons. The van der Waals surface area contributed by atoms with Crippen molar-refractivity contribution in [3.63, 3.8) is 0 Å². The number of nitrogens with one attached hydrogen (secondary N) is 1. The van der Waals surface area contributed by atoms with Gasteiger partial charge in [0.15, 0.2) is 6.61 Å². The monoisotopic (exact) mass is 265 g/mol. The first-order chi connectivity index (χ1) is 9.13. The van der Waals surface area contributed by atoms with Crippen LogP contribution in [-0.4, -0.2) is 30.2 Å². The highest BCUT2D eigenvalue weighted by atomic mass is 16.6. The lowest BCUT2D eigenvalue weighted by molar-refractivity contribution is -0.384. The van der Waals surface area contributed by atoms with Crippen LogP contribution in [0.5, 0.6) is 0 Å². The van der Waals surface area contributed by atoms with Crippen LogP contribution >= 0.6 is 0 Å². The van der Waals surface area contributed by atoms with E-state index in [2.05, 4.69) is 10.5 Å². The summed E-state index contributed by atoms with van der Waals surface area (Å²) in [5.74, 6) is -0.252. The molecule has 0 aromatic heterocycles. The zero-order valence-electron chi connectivity index (χ0n) is 10.5. The molecule has 0 aliphatic heterocycles. The normalized spacial score (nSPS) is 10.4. The summed E-state index contributed by atoms with van der Waals surface area (Å²) in [6.45, 7) is 2.36. The number of hydrogen-bond acceptors (Lipinski definition) is 5. The molecule has 0 aliphatic rings. The molecule has 7 nitrogen and oxygen atoms in total. The minimum absolute atomic E-state index is 0.0235. The lowest BCUT2D eigenvalue weighted by Crippen LogP contribution is -2.27. The number of nitro benzene ring substituents is 1. The number of non-ortho nitro benzene ring substituents is 1. The highest BCUT2D eigenvalue weighted by Crippen LogP contribution is 2.11. The summed E-state index contributed by atoms with van der Waals surface area (Å²) in [5, 5.41) is 16.8. The molecule has 1 rings (SSSR count). The third-order valence-corrected chi connectivity index (χ3v) is 2.13. The van der Waals surface area contributed by atoms with Crippen molar-refractivity contribution in [1.82, 2.24) is 5.32 Å². The van der Waals surface area contributed by atoms with Crippen molar-refractivity contribution in [2.24, 2.45) is 5.16 Å². The zero-order valence-corrected chi connectivity index (χ0v) is 10.5. The van der Waals surface area contributed by atoms with E-state index in [1.165, 1.54) is 18.3 Å². The van der Waals surface area contributed by atoms with Gasteiger partial charge in [0.1, 0.15) is 0 Å². The topological polar surface area (TPSA) is 93.8 Å². The van der Waals surface area contributed by atoms with Gasteiger partial charge in [0.05, 0.1) is 11.1 Å². The summed E-state index contributed by atoms with van der Waals surface area (Å²) in [7, 11) is 0. The molecule has 0 saturated heterocycles. The molecule has 19 heavy (non-hydrogen) atoms.